The van der Waals surface area contributed by atoms with E-state index in [0.29, 0.717) is 12.0 Å². The largest absolute Gasteiger partial charge is 0.386 e. The Bertz CT molecular complexity index is 387. The number of hydrogen-bond acceptors (Lipinski definition) is 3. The molecule has 0 fully saturated rings. The molecule has 1 rings (SSSR count). The molecule has 14 heavy (non-hydrogen) atoms. The maximum atomic E-state index is 10.6. The van der Waals surface area contributed by atoms with Crippen molar-refractivity contribution in [2.45, 2.75) is 0 Å². The molecule has 0 heterocycles. The fourth-order valence-corrected chi connectivity index (χ4v) is 1.18. The summed E-state index contributed by atoms with van der Waals surface area (Å²) < 4.78 is 0. The number of allylic oxidation sites excluding steroid dienone is 1. The van der Waals surface area contributed by atoms with E-state index in [2.05, 4.69) is 5.32 Å². The minimum atomic E-state index is 0.110. The van der Waals surface area contributed by atoms with Gasteiger partial charge in [-0.15, -0.1) is 0 Å². The average molecular weight is 186 g/mol. The van der Waals surface area contributed by atoms with Gasteiger partial charge in [0.05, 0.1) is 5.70 Å². The standard InChI is InChI=1S/C11H10N2O/c1-13-11(10(7-12)8-14)9-5-3-2-4-6-9/h2-6,8,13H,1H3. The third-order valence-corrected chi connectivity index (χ3v) is 1.82. The Hall–Kier alpha value is -2.08. The van der Waals surface area contributed by atoms with Crippen molar-refractivity contribution in [1.82, 2.24) is 5.32 Å². The third kappa shape index (κ3) is 1.99. The van der Waals surface area contributed by atoms with E-state index in [0.717, 1.165) is 5.56 Å². The summed E-state index contributed by atoms with van der Waals surface area (Å²) in [5.74, 6) is 0. The van der Waals surface area contributed by atoms with Crippen molar-refractivity contribution >= 4 is 12.0 Å². The Morgan fingerprint density at radius 1 is 1.43 bits per heavy atom. The van der Waals surface area contributed by atoms with Gasteiger partial charge in [0.2, 0.25) is 0 Å². The molecule has 70 valence electrons. The topological polar surface area (TPSA) is 52.9 Å². The summed E-state index contributed by atoms with van der Waals surface area (Å²) in [5, 5.41) is 11.6. The fourth-order valence-electron chi connectivity index (χ4n) is 1.18. The molecule has 0 bridgehead atoms. The molecule has 0 saturated heterocycles. The van der Waals surface area contributed by atoms with E-state index < -0.39 is 0 Å². The first kappa shape index (κ1) is 10.0. The average Bonchev–Trinajstić information content (AvgIpc) is 2.27. The number of hydrogen-bond donors (Lipinski definition) is 1. The summed E-state index contributed by atoms with van der Waals surface area (Å²) in [4.78, 5) is 10.6. The lowest BCUT2D eigenvalue weighted by molar-refractivity contribution is -0.104. The Morgan fingerprint density at radius 3 is 2.50 bits per heavy atom. The number of nitriles is 1. The molecule has 0 aliphatic rings. The number of carbonyl (C=O) groups excluding carboxylic acids is 1. The number of nitrogens with zero attached hydrogens (tertiary/aromatic N) is 1. The van der Waals surface area contributed by atoms with Crippen molar-refractivity contribution in [3.63, 3.8) is 0 Å². The first-order valence-corrected chi connectivity index (χ1v) is 4.16. The van der Waals surface area contributed by atoms with E-state index in [-0.39, 0.29) is 5.57 Å². The van der Waals surface area contributed by atoms with Gasteiger partial charge in [-0.25, -0.2) is 0 Å². The lowest BCUT2D eigenvalue weighted by atomic mass is 10.1. The van der Waals surface area contributed by atoms with Crippen molar-refractivity contribution in [3.8, 4) is 6.07 Å². The van der Waals surface area contributed by atoms with Gasteiger partial charge in [0.25, 0.3) is 0 Å². The molecule has 0 atom stereocenters. The first-order chi connectivity index (χ1) is 6.83. The van der Waals surface area contributed by atoms with Gasteiger partial charge in [-0.1, -0.05) is 30.3 Å². The van der Waals surface area contributed by atoms with Crippen LogP contribution < -0.4 is 5.32 Å². The summed E-state index contributed by atoms with van der Waals surface area (Å²) in [6, 6.07) is 11.1. The summed E-state index contributed by atoms with van der Waals surface area (Å²) in [6.45, 7) is 0. The van der Waals surface area contributed by atoms with Crippen LogP contribution in [-0.4, -0.2) is 13.3 Å². The second kappa shape index (κ2) is 4.83. The van der Waals surface area contributed by atoms with Crippen LogP contribution >= 0.6 is 0 Å². The molecule has 0 unspecified atom stereocenters. The monoisotopic (exact) mass is 186 g/mol. The molecule has 1 aromatic carbocycles. The second-order valence-corrected chi connectivity index (χ2v) is 2.63. The Labute approximate surface area is 82.7 Å². The molecule has 1 aromatic rings. The maximum absolute atomic E-state index is 10.6. The van der Waals surface area contributed by atoms with Crippen molar-refractivity contribution in [1.29, 1.82) is 5.26 Å². The first-order valence-electron chi connectivity index (χ1n) is 4.16. The summed E-state index contributed by atoms with van der Waals surface area (Å²) in [6.07, 6.45) is 0.554. The number of carbonyl (C=O) groups is 1. The zero-order valence-corrected chi connectivity index (χ0v) is 7.82. The molecule has 0 spiro atoms. The van der Waals surface area contributed by atoms with Crippen molar-refractivity contribution in [2.75, 3.05) is 7.05 Å². The maximum Gasteiger partial charge on any atom is 0.162 e. The molecule has 0 amide bonds. The molecule has 0 saturated carbocycles. The Balaban J connectivity index is 3.24. The second-order valence-electron chi connectivity index (χ2n) is 2.63. The van der Waals surface area contributed by atoms with Crippen LogP contribution in [0.3, 0.4) is 0 Å². The number of aldehydes is 1. The van der Waals surface area contributed by atoms with Gasteiger partial charge < -0.3 is 5.32 Å². The van der Waals surface area contributed by atoms with Crippen molar-refractivity contribution < 1.29 is 4.79 Å². The van der Waals surface area contributed by atoms with E-state index >= 15 is 0 Å². The van der Waals surface area contributed by atoms with Gasteiger partial charge in [-0.05, 0) is 5.56 Å². The smallest absolute Gasteiger partial charge is 0.162 e. The van der Waals surface area contributed by atoms with E-state index in [9.17, 15) is 4.79 Å². The van der Waals surface area contributed by atoms with Crippen LogP contribution in [0.4, 0.5) is 0 Å². The van der Waals surface area contributed by atoms with Crippen LogP contribution in [0.25, 0.3) is 5.70 Å². The van der Waals surface area contributed by atoms with Gasteiger partial charge in [0.1, 0.15) is 11.6 Å². The highest BCUT2D eigenvalue weighted by Crippen LogP contribution is 2.13. The van der Waals surface area contributed by atoms with E-state index in [4.69, 9.17) is 5.26 Å². The highest BCUT2D eigenvalue weighted by Gasteiger charge is 2.05. The van der Waals surface area contributed by atoms with Gasteiger partial charge in [-0.3, -0.25) is 4.79 Å². The van der Waals surface area contributed by atoms with Crippen LogP contribution in [0.2, 0.25) is 0 Å². The van der Waals surface area contributed by atoms with Crippen LogP contribution in [0.1, 0.15) is 5.56 Å². The normalized spacial score (nSPS) is 11.1. The summed E-state index contributed by atoms with van der Waals surface area (Å²) in [7, 11) is 1.68. The third-order valence-electron chi connectivity index (χ3n) is 1.82. The predicted molar refractivity (Wildman–Crippen MR) is 54.1 cm³/mol. The molecule has 3 nitrogen and oxygen atoms in total. The summed E-state index contributed by atoms with van der Waals surface area (Å²) in [5.41, 5.74) is 1.50. The van der Waals surface area contributed by atoms with E-state index in [1.165, 1.54) is 0 Å². The lowest BCUT2D eigenvalue weighted by Gasteiger charge is -2.06. The van der Waals surface area contributed by atoms with E-state index in [1.807, 2.05) is 36.4 Å². The van der Waals surface area contributed by atoms with Crippen LogP contribution in [0.5, 0.6) is 0 Å². The zero-order valence-electron chi connectivity index (χ0n) is 7.82. The minimum absolute atomic E-state index is 0.110. The molecule has 1 N–H and O–H groups in total. The number of rotatable bonds is 3. The number of benzene rings is 1. The SMILES string of the molecule is CNC(=C(C#N)C=O)c1ccccc1. The van der Waals surface area contributed by atoms with Gasteiger partial charge >= 0.3 is 0 Å². The highest BCUT2D eigenvalue weighted by molar-refractivity contribution is 5.91. The molecular formula is C11H10N2O. The highest BCUT2D eigenvalue weighted by atomic mass is 16.1. The predicted octanol–water partition coefficient (Wildman–Crippen LogP) is 1.34. The molecular weight excluding hydrogens is 176 g/mol. The quantitative estimate of drug-likeness (QED) is 0.440. The summed E-state index contributed by atoms with van der Waals surface area (Å²) >= 11 is 0. The zero-order chi connectivity index (χ0) is 10.4. The fraction of sp³-hybridized carbons (Fsp3) is 0.0909. The van der Waals surface area contributed by atoms with Crippen LogP contribution in [0, 0.1) is 11.3 Å². The molecule has 0 radical (unpaired) electrons. The molecule has 0 aliphatic heterocycles. The molecule has 0 aromatic heterocycles. The van der Waals surface area contributed by atoms with Gasteiger partial charge in [-0.2, -0.15) is 5.26 Å². The van der Waals surface area contributed by atoms with E-state index in [1.54, 1.807) is 7.05 Å². The van der Waals surface area contributed by atoms with Crippen LogP contribution in [-0.2, 0) is 4.79 Å². The van der Waals surface area contributed by atoms with Crippen LogP contribution in [0.15, 0.2) is 35.9 Å². The van der Waals surface area contributed by atoms with Gasteiger partial charge in [0.15, 0.2) is 6.29 Å². The number of nitrogens with one attached hydrogen (secondary N) is 1. The van der Waals surface area contributed by atoms with Crippen molar-refractivity contribution in [3.05, 3.63) is 41.5 Å². The molecule has 0 aliphatic carbocycles. The van der Waals surface area contributed by atoms with Crippen molar-refractivity contribution in [2.24, 2.45) is 0 Å². The lowest BCUT2D eigenvalue weighted by Crippen LogP contribution is -2.08. The Kier molecular flexibility index (Phi) is 3.45. The Morgan fingerprint density at radius 2 is 2.07 bits per heavy atom. The molecule has 3 heteroatoms. The van der Waals surface area contributed by atoms with Gasteiger partial charge in [0, 0.05) is 7.05 Å². The minimum Gasteiger partial charge on any atom is -0.386 e.